The summed E-state index contributed by atoms with van der Waals surface area (Å²) in [4.78, 5) is 9.57. The summed E-state index contributed by atoms with van der Waals surface area (Å²) in [5, 5.41) is 7.87. The first-order valence-electron chi connectivity index (χ1n) is 1.63. The molecule has 0 aromatic carbocycles. The molecule has 0 aliphatic rings. The van der Waals surface area contributed by atoms with Crippen LogP contribution in [0.25, 0.3) is 0 Å². The van der Waals surface area contributed by atoms with Gasteiger partial charge < -0.3 is 10.8 Å². The van der Waals surface area contributed by atoms with E-state index in [2.05, 4.69) is 0 Å². The smallest absolute Gasteiger partial charge is 0.320 e. The number of rotatable bonds is 1. The van der Waals surface area contributed by atoms with Crippen LogP contribution in [-0.4, -0.2) is 17.1 Å². The molecule has 3 N–H and O–H groups in total. The second kappa shape index (κ2) is 4.09. The number of carboxylic acid groups (broad SMARTS) is 1. The number of aliphatic carboxylic acids is 1. The second-order valence-corrected chi connectivity index (χ2v) is 1.13. The number of nitrogens with two attached hydrogens (primary N) is 1. The molecular weight excluding hydrogens is 141 g/mol. The maximum atomic E-state index is 9.57. The standard InChI is InChI=1S/C3H7NO2.Ni/c1-2(4)3(5)6;/h2H,4H2,1H3,(H,5,6);/t2-;/m0./s1. The molecule has 0 fully saturated rings. The van der Waals surface area contributed by atoms with E-state index in [0.717, 1.165) is 0 Å². The SMILES string of the molecule is C[C@H](N)C(=O)O.[Ni]. The van der Waals surface area contributed by atoms with Gasteiger partial charge in [0.25, 0.3) is 0 Å². The maximum Gasteiger partial charge on any atom is 0.320 e. The van der Waals surface area contributed by atoms with Crippen LogP contribution in [0.4, 0.5) is 0 Å². The van der Waals surface area contributed by atoms with E-state index in [9.17, 15) is 4.79 Å². The second-order valence-electron chi connectivity index (χ2n) is 1.13. The van der Waals surface area contributed by atoms with Crippen molar-refractivity contribution in [2.45, 2.75) is 13.0 Å². The Balaban J connectivity index is 0. The molecule has 0 heterocycles. The van der Waals surface area contributed by atoms with E-state index < -0.39 is 12.0 Å². The van der Waals surface area contributed by atoms with Gasteiger partial charge >= 0.3 is 5.97 Å². The van der Waals surface area contributed by atoms with Gasteiger partial charge in [0.2, 0.25) is 0 Å². The summed E-state index contributed by atoms with van der Waals surface area (Å²) in [5.41, 5.74) is 4.84. The fourth-order valence-electron chi connectivity index (χ4n) is 0. The largest absolute Gasteiger partial charge is 0.480 e. The van der Waals surface area contributed by atoms with Crippen molar-refractivity contribution in [2.24, 2.45) is 5.73 Å². The third-order valence-corrected chi connectivity index (χ3v) is 0.390. The summed E-state index contributed by atoms with van der Waals surface area (Å²) in [5.74, 6) is -0.963. The third-order valence-electron chi connectivity index (χ3n) is 0.390. The minimum absolute atomic E-state index is 0. The minimum Gasteiger partial charge on any atom is -0.480 e. The predicted octanol–water partition coefficient (Wildman–Crippen LogP) is -0.584. The quantitative estimate of drug-likeness (QED) is 0.488. The van der Waals surface area contributed by atoms with E-state index in [0.29, 0.717) is 0 Å². The zero-order valence-corrected chi connectivity index (χ0v) is 4.81. The summed E-state index contributed by atoms with van der Waals surface area (Å²) in [6.45, 7) is 1.42. The first kappa shape index (κ1) is 10.0. The van der Waals surface area contributed by atoms with Gasteiger partial charge in [0.1, 0.15) is 6.04 Å². The Hall–Kier alpha value is -0.0765. The molecule has 0 saturated carbocycles. The van der Waals surface area contributed by atoms with Gasteiger partial charge in [-0.05, 0) is 6.92 Å². The fourth-order valence-corrected chi connectivity index (χ4v) is 0. The van der Waals surface area contributed by atoms with Gasteiger partial charge in [-0.15, -0.1) is 0 Å². The molecule has 0 unspecified atom stereocenters. The molecule has 0 aromatic heterocycles. The van der Waals surface area contributed by atoms with E-state index >= 15 is 0 Å². The van der Waals surface area contributed by atoms with Crippen molar-refractivity contribution >= 4 is 5.97 Å². The molecule has 46 valence electrons. The van der Waals surface area contributed by atoms with Crippen LogP contribution in [0.5, 0.6) is 0 Å². The molecule has 0 amide bonds. The molecule has 0 aromatic rings. The van der Waals surface area contributed by atoms with Crippen LogP contribution in [0.1, 0.15) is 6.92 Å². The fraction of sp³-hybridized carbons (Fsp3) is 0.667. The molecule has 3 nitrogen and oxygen atoms in total. The van der Waals surface area contributed by atoms with Crippen LogP contribution in [0.3, 0.4) is 0 Å². The van der Waals surface area contributed by atoms with Gasteiger partial charge in [0.05, 0.1) is 0 Å². The molecule has 4 heteroatoms. The number of carbonyl (C=O) groups is 1. The zero-order valence-electron chi connectivity index (χ0n) is 3.83. The zero-order chi connectivity index (χ0) is 5.15. The monoisotopic (exact) mass is 147 g/mol. The van der Waals surface area contributed by atoms with Gasteiger partial charge in [-0.3, -0.25) is 4.79 Å². The van der Waals surface area contributed by atoms with E-state index in [4.69, 9.17) is 10.8 Å². The Labute approximate surface area is 51.8 Å². The molecule has 1 atom stereocenters. The topological polar surface area (TPSA) is 63.3 Å². The first-order valence-corrected chi connectivity index (χ1v) is 1.63. The van der Waals surface area contributed by atoms with E-state index in [1.54, 1.807) is 0 Å². The molecule has 0 bridgehead atoms. The van der Waals surface area contributed by atoms with Crippen molar-refractivity contribution in [3.63, 3.8) is 0 Å². The summed E-state index contributed by atoms with van der Waals surface area (Å²) >= 11 is 0. The average molecular weight is 148 g/mol. The van der Waals surface area contributed by atoms with Crippen LogP contribution < -0.4 is 5.73 Å². The van der Waals surface area contributed by atoms with E-state index in [1.165, 1.54) is 6.92 Å². The van der Waals surface area contributed by atoms with Crippen LogP contribution in [-0.2, 0) is 21.3 Å². The van der Waals surface area contributed by atoms with Crippen molar-refractivity contribution in [1.29, 1.82) is 0 Å². The normalized spacial score (nSPS) is 11.7. The Morgan fingerprint density at radius 3 is 2.00 bits per heavy atom. The summed E-state index contributed by atoms with van der Waals surface area (Å²) in [6.07, 6.45) is 0. The summed E-state index contributed by atoms with van der Waals surface area (Å²) in [7, 11) is 0. The van der Waals surface area contributed by atoms with E-state index in [1.807, 2.05) is 0 Å². The molecule has 0 aliphatic carbocycles. The molecule has 0 aliphatic heterocycles. The Kier molecular flexibility index (Phi) is 5.86. The minimum atomic E-state index is -0.963. The van der Waals surface area contributed by atoms with Gasteiger partial charge in [-0.2, -0.15) is 0 Å². The van der Waals surface area contributed by atoms with Crippen molar-refractivity contribution in [2.75, 3.05) is 0 Å². The first-order chi connectivity index (χ1) is 2.64. The van der Waals surface area contributed by atoms with Crippen LogP contribution in [0, 0.1) is 0 Å². The Bertz CT molecular complexity index is 64.0. The van der Waals surface area contributed by atoms with Crippen LogP contribution >= 0.6 is 0 Å². The predicted molar refractivity (Wildman–Crippen MR) is 21.3 cm³/mol. The average Bonchev–Trinajstić information content (AvgIpc) is 1.36. The van der Waals surface area contributed by atoms with Gasteiger partial charge in [-0.1, -0.05) is 0 Å². The number of hydrogen-bond donors (Lipinski definition) is 2. The van der Waals surface area contributed by atoms with Crippen LogP contribution in [0.2, 0.25) is 0 Å². The Morgan fingerprint density at radius 1 is 1.86 bits per heavy atom. The number of hydrogen-bond acceptors (Lipinski definition) is 2. The summed E-state index contributed by atoms with van der Waals surface area (Å²) < 4.78 is 0. The van der Waals surface area contributed by atoms with Crippen molar-refractivity contribution in [1.82, 2.24) is 0 Å². The number of carboxylic acids is 1. The van der Waals surface area contributed by atoms with E-state index in [-0.39, 0.29) is 16.5 Å². The third kappa shape index (κ3) is 5.92. The molecule has 0 radical (unpaired) electrons. The van der Waals surface area contributed by atoms with Gasteiger partial charge in [-0.25, -0.2) is 0 Å². The molecule has 0 rings (SSSR count). The molecular formula is C3H7NNiO2. The summed E-state index contributed by atoms with van der Waals surface area (Å²) in [6, 6.07) is -0.731. The molecule has 0 spiro atoms. The maximum absolute atomic E-state index is 9.57. The van der Waals surface area contributed by atoms with Crippen LogP contribution in [0.15, 0.2) is 0 Å². The van der Waals surface area contributed by atoms with Crippen molar-refractivity contribution < 1.29 is 26.4 Å². The van der Waals surface area contributed by atoms with Crippen molar-refractivity contribution in [3.8, 4) is 0 Å². The Morgan fingerprint density at radius 2 is 2.00 bits per heavy atom. The molecule has 0 saturated heterocycles. The van der Waals surface area contributed by atoms with Gasteiger partial charge in [0.15, 0.2) is 0 Å². The molecule has 7 heavy (non-hydrogen) atoms. The van der Waals surface area contributed by atoms with Crippen molar-refractivity contribution in [3.05, 3.63) is 0 Å². The van der Waals surface area contributed by atoms with Gasteiger partial charge in [0, 0.05) is 16.5 Å².